The lowest BCUT2D eigenvalue weighted by Gasteiger charge is -2.23. The summed E-state index contributed by atoms with van der Waals surface area (Å²) >= 11 is 0. The summed E-state index contributed by atoms with van der Waals surface area (Å²) in [6.45, 7) is 3.33. The smallest absolute Gasteiger partial charge is 0.0576 e. The second kappa shape index (κ2) is 6.23. The van der Waals surface area contributed by atoms with Crippen molar-refractivity contribution in [3.05, 3.63) is 35.9 Å². The molecule has 15 heavy (non-hydrogen) atoms. The second-order valence-electron chi connectivity index (χ2n) is 3.63. The van der Waals surface area contributed by atoms with Gasteiger partial charge in [-0.3, -0.25) is 0 Å². The number of rotatable bonds is 5. The minimum Gasteiger partial charge on any atom is -0.329 e. The fourth-order valence-corrected chi connectivity index (χ4v) is 1.64. The average Bonchev–Trinajstić information content (AvgIpc) is 2.31. The average molecular weight is 202 g/mol. The molecule has 0 saturated heterocycles. The van der Waals surface area contributed by atoms with Gasteiger partial charge in [-0.05, 0) is 11.5 Å². The molecule has 0 aliphatic rings. The van der Waals surface area contributed by atoms with E-state index in [0.717, 1.165) is 0 Å². The fourth-order valence-electron chi connectivity index (χ4n) is 1.64. The first-order chi connectivity index (χ1) is 7.29. The van der Waals surface area contributed by atoms with Crippen LogP contribution in [-0.4, -0.2) is 19.1 Å². The van der Waals surface area contributed by atoms with Crippen molar-refractivity contribution in [2.45, 2.75) is 18.9 Å². The Morgan fingerprint density at radius 2 is 2.07 bits per heavy atom. The van der Waals surface area contributed by atoms with Crippen LogP contribution in [0.15, 0.2) is 30.3 Å². The molecule has 3 N–H and O–H groups in total. The van der Waals surface area contributed by atoms with Crippen LogP contribution in [0.1, 0.15) is 18.4 Å². The number of benzene rings is 1. The first-order valence-corrected chi connectivity index (χ1v) is 5.21. The molecular weight excluding hydrogens is 184 g/mol. The number of hydrogen-bond acceptors (Lipinski definition) is 2. The largest absolute Gasteiger partial charge is 0.329 e. The highest BCUT2D eigenvalue weighted by molar-refractivity contribution is 5.20. The Hall–Kier alpha value is -1.30. The molecule has 2 nitrogen and oxygen atoms in total. The Morgan fingerprint density at radius 3 is 2.60 bits per heavy atom. The summed E-state index contributed by atoms with van der Waals surface area (Å²) in [5.41, 5.74) is 7.01. The monoisotopic (exact) mass is 202 g/mol. The Morgan fingerprint density at radius 1 is 1.40 bits per heavy atom. The first-order valence-electron chi connectivity index (χ1n) is 5.21. The lowest BCUT2D eigenvalue weighted by Crippen LogP contribution is -2.40. The maximum atomic E-state index is 5.72. The van der Waals surface area contributed by atoms with Crippen molar-refractivity contribution in [3.8, 4) is 12.3 Å². The highest BCUT2D eigenvalue weighted by atomic mass is 14.9. The van der Waals surface area contributed by atoms with Crippen molar-refractivity contribution in [2.75, 3.05) is 13.1 Å². The van der Waals surface area contributed by atoms with E-state index >= 15 is 0 Å². The van der Waals surface area contributed by atoms with Gasteiger partial charge in [-0.1, -0.05) is 43.2 Å². The maximum absolute atomic E-state index is 5.72. The van der Waals surface area contributed by atoms with Crippen molar-refractivity contribution in [1.82, 2.24) is 5.32 Å². The molecule has 2 heteroatoms. The van der Waals surface area contributed by atoms with E-state index in [1.807, 2.05) is 18.2 Å². The third kappa shape index (κ3) is 3.39. The molecule has 0 saturated carbocycles. The summed E-state index contributed by atoms with van der Waals surface area (Å²) in [7, 11) is 0. The molecule has 0 fully saturated rings. The molecule has 0 amide bonds. The second-order valence-corrected chi connectivity index (χ2v) is 3.63. The quantitative estimate of drug-likeness (QED) is 0.707. The van der Waals surface area contributed by atoms with Crippen LogP contribution in [-0.2, 0) is 0 Å². The third-order valence-electron chi connectivity index (χ3n) is 2.65. The van der Waals surface area contributed by atoms with E-state index in [1.54, 1.807) is 0 Å². The zero-order valence-corrected chi connectivity index (χ0v) is 9.11. The maximum Gasteiger partial charge on any atom is 0.0576 e. The van der Waals surface area contributed by atoms with Gasteiger partial charge in [-0.25, -0.2) is 0 Å². The highest BCUT2D eigenvalue weighted by Crippen LogP contribution is 2.17. The van der Waals surface area contributed by atoms with Gasteiger partial charge < -0.3 is 11.1 Å². The fraction of sp³-hybridized carbons (Fsp3) is 0.385. The predicted molar refractivity (Wildman–Crippen MR) is 64.5 cm³/mol. The van der Waals surface area contributed by atoms with Gasteiger partial charge in [0.25, 0.3) is 0 Å². The van der Waals surface area contributed by atoms with Gasteiger partial charge in [-0.2, -0.15) is 0 Å². The van der Waals surface area contributed by atoms with E-state index in [0.29, 0.717) is 19.0 Å². The highest BCUT2D eigenvalue weighted by Gasteiger charge is 2.15. The summed E-state index contributed by atoms with van der Waals surface area (Å²) in [4.78, 5) is 0. The predicted octanol–water partition coefficient (Wildman–Crippen LogP) is 1.34. The summed E-state index contributed by atoms with van der Waals surface area (Å²) < 4.78 is 0. The van der Waals surface area contributed by atoms with E-state index in [1.165, 1.54) is 5.56 Å². The zero-order valence-electron chi connectivity index (χ0n) is 9.11. The van der Waals surface area contributed by atoms with E-state index in [4.69, 9.17) is 12.2 Å². The van der Waals surface area contributed by atoms with Crippen molar-refractivity contribution < 1.29 is 0 Å². The van der Waals surface area contributed by atoms with Gasteiger partial charge >= 0.3 is 0 Å². The van der Waals surface area contributed by atoms with Crippen LogP contribution >= 0.6 is 0 Å². The van der Waals surface area contributed by atoms with Gasteiger partial charge in [0.05, 0.1) is 6.54 Å². The molecule has 0 aliphatic carbocycles. The van der Waals surface area contributed by atoms with Gasteiger partial charge in [-0.15, -0.1) is 6.42 Å². The molecule has 0 heterocycles. The van der Waals surface area contributed by atoms with Gasteiger partial charge in [0.15, 0.2) is 0 Å². The standard InChI is InChI=1S/C13H18N2/c1-3-9-15-13(10-14)11(2)12-7-5-4-6-8-12/h1,4-8,11,13,15H,9-10,14H2,2H3. The number of terminal acetylenes is 1. The molecule has 1 rings (SSSR count). The SMILES string of the molecule is C#CCNC(CN)C(C)c1ccccc1. The van der Waals surface area contributed by atoms with Gasteiger partial charge in [0.2, 0.25) is 0 Å². The van der Waals surface area contributed by atoms with Crippen LogP contribution in [0.3, 0.4) is 0 Å². The third-order valence-corrected chi connectivity index (χ3v) is 2.65. The van der Waals surface area contributed by atoms with E-state index in [-0.39, 0.29) is 6.04 Å². The van der Waals surface area contributed by atoms with E-state index in [9.17, 15) is 0 Å². The molecular formula is C13H18N2. The first kappa shape index (κ1) is 11.8. The minimum absolute atomic E-state index is 0.239. The van der Waals surface area contributed by atoms with Gasteiger partial charge in [0, 0.05) is 12.6 Å². The topological polar surface area (TPSA) is 38.0 Å². The Kier molecular flexibility index (Phi) is 4.89. The molecule has 2 unspecified atom stereocenters. The van der Waals surface area contributed by atoms with Gasteiger partial charge in [0.1, 0.15) is 0 Å². The zero-order chi connectivity index (χ0) is 11.1. The van der Waals surface area contributed by atoms with Crippen LogP contribution in [0.4, 0.5) is 0 Å². The molecule has 0 radical (unpaired) electrons. The minimum atomic E-state index is 0.239. The molecule has 0 aliphatic heterocycles. The lowest BCUT2D eigenvalue weighted by molar-refractivity contribution is 0.480. The number of nitrogens with one attached hydrogen (secondary N) is 1. The normalized spacial score (nSPS) is 14.2. The van der Waals surface area contributed by atoms with Crippen LogP contribution in [0.2, 0.25) is 0 Å². The Labute approximate surface area is 91.9 Å². The lowest BCUT2D eigenvalue weighted by atomic mass is 9.93. The molecule has 2 atom stereocenters. The molecule has 1 aromatic rings. The molecule has 1 aromatic carbocycles. The summed E-state index contributed by atoms with van der Waals surface area (Å²) in [5, 5.41) is 3.26. The van der Waals surface area contributed by atoms with Crippen LogP contribution < -0.4 is 11.1 Å². The number of hydrogen-bond donors (Lipinski definition) is 2. The summed E-state index contributed by atoms with van der Waals surface area (Å²) in [5.74, 6) is 2.95. The molecule has 0 aromatic heterocycles. The van der Waals surface area contributed by atoms with Crippen molar-refractivity contribution in [1.29, 1.82) is 0 Å². The van der Waals surface area contributed by atoms with Crippen molar-refractivity contribution in [3.63, 3.8) is 0 Å². The van der Waals surface area contributed by atoms with Crippen LogP contribution in [0, 0.1) is 12.3 Å². The summed E-state index contributed by atoms with van der Waals surface area (Å²) in [6, 6.07) is 10.6. The Balaban J connectivity index is 2.65. The van der Waals surface area contributed by atoms with E-state index in [2.05, 4.69) is 30.3 Å². The Bertz CT molecular complexity index is 313. The molecule has 80 valence electrons. The molecule has 0 spiro atoms. The van der Waals surface area contributed by atoms with Crippen LogP contribution in [0.5, 0.6) is 0 Å². The van der Waals surface area contributed by atoms with Crippen LogP contribution in [0.25, 0.3) is 0 Å². The van der Waals surface area contributed by atoms with Crippen molar-refractivity contribution in [2.24, 2.45) is 5.73 Å². The number of nitrogens with two attached hydrogens (primary N) is 1. The van der Waals surface area contributed by atoms with E-state index < -0.39 is 0 Å². The van der Waals surface area contributed by atoms with Crippen molar-refractivity contribution >= 4 is 0 Å². The summed E-state index contributed by atoms with van der Waals surface area (Å²) in [6.07, 6.45) is 5.22. The molecule has 0 bridgehead atoms.